The average molecular weight is 572 g/mol. The van der Waals surface area contributed by atoms with Crippen LogP contribution in [0.4, 0.5) is 11.5 Å². The molecule has 0 saturated carbocycles. The SMILES string of the molecule is COc1cc(C(=O)NC2CCN(c3cc(=O)n(C)c(=O)[nH]3)C2)ccc1OCC(=O)Nc1ccc(Br)cc1. The Morgan fingerprint density at radius 3 is 2.57 bits per heavy atom. The van der Waals surface area contributed by atoms with E-state index in [1.165, 1.54) is 20.2 Å². The second-order valence-electron chi connectivity index (χ2n) is 8.47. The van der Waals surface area contributed by atoms with Crippen molar-refractivity contribution in [3.8, 4) is 11.5 Å². The molecule has 194 valence electrons. The lowest BCUT2D eigenvalue weighted by molar-refractivity contribution is -0.118. The Bertz CT molecular complexity index is 1390. The molecule has 37 heavy (non-hydrogen) atoms. The third-order valence-electron chi connectivity index (χ3n) is 5.91. The molecule has 0 aliphatic carbocycles. The lowest BCUT2D eigenvalue weighted by Gasteiger charge is -2.18. The largest absolute Gasteiger partial charge is 0.493 e. The normalized spacial score (nSPS) is 14.8. The number of carbonyl (C=O) groups is 2. The van der Waals surface area contributed by atoms with Crippen LogP contribution in [0.3, 0.4) is 0 Å². The Balaban J connectivity index is 1.34. The number of halogens is 1. The van der Waals surface area contributed by atoms with Gasteiger partial charge in [0.2, 0.25) is 0 Å². The van der Waals surface area contributed by atoms with Gasteiger partial charge < -0.3 is 25.0 Å². The van der Waals surface area contributed by atoms with Gasteiger partial charge in [0, 0.05) is 48.0 Å². The third-order valence-corrected chi connectivity index (χ3v) is 6.44. The fourth-order valence-corrected chi connectivity index (χ4v) is 4.15. The van der Waals surface area contributed by atoms with Crippen LogP contribution in [-0.4, -0.2) is 54.2 Å². The Kier molecular flexibility index (Phi) is 7.97. The summed E-state index contributed by atoms with van der Waals surface area (Å²) in [5.41, 5.74) is 0.118. The first-order valence-corrected chi connectivity index (χ1v) is 12.2. The molecule has 1 unspecified atom stereocenters. The first-order chi connectivity index (χ1) is 17.7. The van der Waals surface area contributed by atoms with Gasteiger partial charge in [-0.25, -0.2) is 4.79 Å². The summed E-state index contributed by atoms with van der Waals surface area (Å²) >= 11 is 3.34. The fraction of sp³-hybridized carbons (Fsp3) is 0.280. The summed E-state index contributed by atoms with van der Waals surface area (Å²) < 4.78 is 12.9. The topological polar surface area (TPSA) is 135 Å². The molecular weight excluding hydrogens is 546 g/mol. The lowest BCUT2D eigenvalue weighted by atomic mass is 10.1. The van der Waals surface area contributed by atoms with E-state index in [2.05, 4.69) is 31.5 Å². The molecule has 2 heterocycles. The van der Waals surface area contributed by atoms with Crippen LogP contribution in [0, 0.1) is 0 Å². The van der Waals surface area contributed by atoms with E-state index in [1.807, 2.05) is 17.0 Å². The highest BCUT2D eigenvalue weighted by Gasteiger charge is 2.26. The Morgan fingerprint density at radius 2 is 1.86 bits per heavy atom. The standard InChI is InChI=1S/C25H26BrN5O6/c1-30-23(33)12-21(29-25(30)35)31-10-9-18(13-31)28-24(34)15-3-8-19(20(11-15)36-2)37-14-22(32)27-17-6-4-16(26)5-7-17/h3-8,11-12,18H,9-10,13-14H2,1-2H3,(H,27,32)(H,28,34)(H,29,35). The smallest absolute Gasteiger partial charge is 0.329 e. The summed E-state index contributed by atoms with van der Waals surface area (Å²) in [6, 6.07) is 13.1. The number of benzene rings is 2. The van der Waals surface area contributed by atoms with Crippen molar-refractivity contribution in [3.05, 3.63) is 79.4 Å². The van der Waals surface area contributed by atoms with Crippen molar-refractivity contribution in [2.75, 3.05) is 37.0 Å². The van der Waals surface area contributed by atoms with E-state index in [0.29, 0.717) is 48.1 Å². The molecule has 1 saturated heterocycles. The molecule has 1 aliphatic heterocycles. The van der Waals surface area contributed by atoms with E-state index in [0.717, 1.165) is 9.04 Å². The number of aromatic nitrogens is 2. The second kappa shape index (κ2) is 11.3. The Morgan fingerprint density at radius 1 is 1.11 bits per heavy atom. The van der Waals surface area contributed by atoms with Crippen molar-refractivity contribution in [2.45, 2.75) is 12.5 Å². The van der Waals surface area contributed by atoms with Crippen molar-refractivity contribution in [1.82, 2.24) is 14.9 Å². The number of amides is 2. The number of methoxy groups -OCH3 is 1. The Labute approximate surface area is 220 Å². The number of rotatable bonds is 8. The highest BCUT2D eigenvalue weighted by molar-refractivity contribution is 9.10. The van der Waals surface area contributed by atoms with Gasteiger partial charge in [0.1, 0.15) is 5.82 Å². The van der Waals surface area contributed by atoms with Gasteiger partial charge in [-0.1, -0.05) is 15.9 Å². The minimum Gasteiger partial charge on any atom is -0.493 e. The van der Waals surface area contributed by atoms with Gasteiger partial charge in [-0.2, -0.15) is 0 Å². The molecular formula is C25H26BrN5O6. The van der Waals surface area contributed by atoms with E-state index in [4.69, 9.17) is 9.47 Å². The summed E-state index contributed by atoms with van der Waals surface area (Å²) in [4.78, 5) is 53.4. The van der Waals surface area contributed by atoms with Gasteiger partial charge in [0.15, 0.2) is 18.1 Å². The van der Waals surface area contributed by atoms with Gasteiger partial charge in [-0.05, 0) is 48.9 Å². The van der Waals surface area contributed by atoms with E-state index < -0.39 is 11.2 Å². The van der Waals surface area contributed by atoms with Crippen molar-refractivity contribution in [3.63, 3.8) is 0 Å². The van der Waals surface area contributed by atoms with E-state index in [9.17, 15) is 19.2 Å². The second-order valence-corrected chi connectivity index (χ2v) is 9.39. The average Bonchev–Trinajstić information content (AvgIpc) is 3.35. The van der Waals surface area contributed by atoms with E-state index in [-0.39, 0.29) is 24.5 Å². The van der Waals surface area contributed by atoms with Crippen molar-refractivity contribution < 1.29 is 19.1 Å². The highest BCUT2D eigenvalue weighted by Crippen LogP contribution is 2.28. The molecule has 1 aliphatic rings. The molecule has 11 nitrogen and oxygen atoms in total. The molecule has 0 bridgehead atoms. The van der Waals surface area contributed by atoms with Crippen molar-refractivity contribution >= 4 is 39.2 Å². The predicted molar refractivity (Wildman–Crippen MR) is 142 cm³/mol. The summed E-state index contributed by atoms with van der Waals surface area (Å²) in [6.45, 7) is 0.785. The van der Waals surface area contributed by atoms with Crippen LogP contribution in [0.5, 0.6) is 11.5 Å². The molecule has 1 atom stereocenters. The zero-order valence-electron chi connectivity index (χ0n) is 20.2. The van der Waals surface area contributed by atoms with Gasteiger partial charge in [0.25, 0.3) is 17.4 Å². The minimum absolute atomic E-state index is 0.177. The molecule has 12 heteroatoms. The van der Waals surface area contributed by atoms with Crippen LogP contribution >= 0.6 is 15.9 Å². The monoisotopic (exact) mass is 571 g/mol. The molecule has 2 amide bonds. The van der Waals surface area contributed by atoms with Crippen LogP contribution < -0.4 is 36.3 Å². The Hall–Kier alpha value is -4.06. The molecule has 0 radical (unpaired) electrons. The van der Waals surface area contributed by atoms with Gasteiger partial charge in [-0.15, -0.1) is 0 Å². The maximum absolute atomic E-state index is 12.9. The minimum atomic E-state index is -0.491. The van der Waals surface area contributed by atoms with Crippen molar-refractivity contribution in [1.29, 1.82) is 0 Å². The van der Waals surface area contributed by atoms with E-state index in [1.54, 1.807) is 30.3 Å². The molecule has 1 aromatic heterocycles. The van der Waals surface area contributed by atoms with Crippen LogP contribution in [0.1, 0.15) is 16.8 Å². The maximum atomic E-state index is 12.9. The molecule has 1 fully saturated rings. The number of hydrogen-bond donors (Lipinski definition) is 3. The first kappa shape index (κ1) is 26.0. The number of ether oxygens (including phenoxy) is 2. The number of anilines is 2. The quantitative estimate of drug-likeness (QED) is 0.375. The summed E-state index contributed by atoms with van der Waals surface area (Å²) in [6.07, 6.45) is 0.648. The zero-order chi connectivity index (χ0) is 26.5. The van der Waals surface area contributed by atoms with E-state index >= 15 is 0 Å². The molecule has 4 rings (SSSR count). The molecule has 0 spiro atoms. The number of hydrogen-bond acceptors (Lipinski definition) is 7. The van der Waals surface area contributed by atoms with Gasteiger partial charge in [0.05, 0.1) is 7.11 Å². The van der Waals surface area contributed by atoms with Crippen LogP contribution in [0.25, 0.3) is 0 Å². The van der Waals surface area contributed by atoms with Crippen LogP contribution in [0.2, 0.25) is 0 Å². The summed E-state index contributed by atoms with van der Waals surface area (Å²) in [7, 11) is 2.85. The summed E-state index contributed by atoms with van der Waals surface area (Å²) in [5.74, 6) is 0.426. The predicted octanol–water partition coefficient (Wildman–Crippen LogP) is 1.87. The van der Waals surface area contributed by atoms with Crippen LogP contribution in [0.15, 0.2) is 62.6 Å². The first-order valence-electron chi connectivity index (χ1n) is 11.5. The highest BCUT2D eigenvalue weighted by atomic mass is 79.9. The fourth-order valence-electron chi connectivity index (χ4n) is 3.88. The molecule has 3 N–H and O–H groups in total. The van der Waals surface area contributed by atoms with Crippen molar-refractivity contribution in [2.24, 2.45) is 7.05 Å². The lowest BCUT2D eigenvalue weighted by Crippen LogP contribution is -2.39. The van der Waals surface area contributed by atoms with Crippen LogP contribution in [-0.2, 0) is 11.8 Å². The van der Waals surface area contributed by atoms with Gasteiger partial charge >= 0.3 is 5.69 Å². The molecule has 2 aromatic carbocycles. The maximum Gasteiger partial charge on any atom is 0.329 e. The van der Waals surface area contributed by atoms with Gasteiger partial charge in [-0.3, -0.25) is 23.9 Å². The number of carbonyl (C=O) groups excluding carboxylic acids is 2. The number of nitrogens with one attached hydrogen (secondary N) is 3. The number of H-pyrrole nitrogens is 1. The number of aromatic amines is 1. The molecule has 3 aromatic rings. The zero-order valence-corrected chi connectivity index (χ0v) is 21.8. The number of nitrogens with zero attached hydrogens (tertiary/aromatic N) is 2. The third kappa shape index (κ3) is 6.39. The summed E-state index contributed by atoms with van der Waals surface area (Å²) in [5, 5.41) is 5.71.